The molecule has 0 radical (unpaired) electrons. The second-order valence-corrected chi connectivity index (χ2v) is 5.09. The Hall–Kier alpha value is -0.120. The minimum Gasteiger partial charge on any atom is -0.376 e. The van der Waals surface area contributed by atoms with Crippen LogP contribution in [0.5, 0.6) is 0 Å². The van der Waals surface area contributed by atoms with Crippen LogP contribution in [-0.4, -0.2) is 43.3 Å². The van der Waals surface area contributed by atoms with Gasteiger partial charge in [-0.25, -0.2) is 0 Å². The fourth-order valence-corrected chi connectivity index (χ4v) is 3.06. The molecule has 0 amide bonds. The predicted octanol–water partition coefficient (Wildman–Crippen LogP) is 1.22. The minimum atomic E-state index is 0.423. The molecule has 0 bridgehead atoms. The molecule has 2 N–H and O–H groups in total. The van der Waals surface area contributed by atoms with Gasteiger partial charge in [-0.2, -0.15) is 0 Å². The lowest BCUT2D eigenvalue weighted by Gasteiger charge is -2.35. The van der Waals surface area contributed by atoms with Crippen molar-refractivity contribution in [1.29, 1.82) is 0 Å². The summed E-state index contributed by atoms with van der Waals surface area (Å²) in [6.45, 7) is 6.21. The van der Waals surface area contributed by atoms with E-state index in [0.29, 0.717) is 6.10 Å². The third-order valence-electron chi connectivity index (χ3n) is 3.88. The summed E-state index contributed by atoms with van der Waals surface area (Å²) in [7, 11) is 0. The zero-order chi connectivity index (χ0) is 10.7. The summed E-state index contributed by atoms with van der Waals surface area (Å²) in [5.74, 6) is 0.887. The van der Waals surface area contributed by atoms with Crippen molar-refractivity contribution in [3.05, 3.63) is 0 Å². The third-order valence-corrected chi connectivity index (χ3v) is 3.88. The molecule has 0 spiro atoms. The Morgan fingerprint density at radius 2 is 2.27 bits per heavy atom. The molecule has 0 aromatic rings. The summed E-state index contributed by atoms with van der Waals surface area (Å²) in [5.41, 5.74) is 5.62. The first-order chi connectivity index (χ1) is 7.29. The highest BCUT2D eigenvalue weighted by atomic mass is 16.5. The van der Waals surface area contributed by atoms with Gasteiger partial charge in [-0.1, -0.05) is 0 Å². The monoisotopic (exact) mass is 212 g/mol. The highest BCUT2D eigenvalue weighted by molar-refractivity contribution is 4.85. The molecule has 1 aliphatic heterocycles. The molecule has 1 saturated carbocycles. The highest BCUT2D eigenvalue weighted by Crippen LogP contribution is 2.31. The second kappa shape index (κ2) is 5.28. The molecular formula is C12H24N2O. The van der Waals surface area contributed by atoms with Crippen LogP contribution < -0.4 is 5.73 Å². The smallest absolute Gasteiger partial charge is 0.0674 e. The van der Waals surface area contributed by atoms with Crippen LogP contribution in [0.15, 0.2) is 0 Å². The molecule has 2 rings (SSSR count). The van der Waals surface area contributed by atoms with Gasteiger partial charge in [0, 0.05) is 19.1 Å². The van der Waals surface area contributed by atoms with Crippen LogP contribution in [0.25, 0.3) is 0 Å². The van der Waals surface area contributed by atoms with Crippen molar-refractivity contribution < 1.29 is 4.74 Å². The third kappa shape index (κ3) is 2.92. The maximum atomic E-state index is 5.62. The van der Waals surface area contributed by atoms with E-state index in [0.717, 1.165) is 38.2 Å². The van der Waals surface area contributed by atoms with E-state index in [1.165, 1.54) is 25.7 Å². The molecule has 3 unspecified atom stereocenters. The number of hydrogen-bond acceptors (Lipinski definition) is 3. The molecule has 1 aliphatic carbocycles. The Morgan fingerprint density at radius 1 is 1.40 bits per heavy atom. The zero-order valence-electron chi connectivity index (χ0n) is 9.82. The van der Waals surface area contributed by atoms with Crippen molar-refractivity contribution in [1.82, 2.24) is 4.90 Å². The Morgan fingerprint density at radius 3 is 3.00 bits per heavy atom. The lowest BCUT2D eigenvalue weighted by Crippen LogP contribution is -2.45. The Kier molecular flexibility index (Phi) is 4.00. The maximum Gasteiger partial charge on any atom is 0.0674 e. The van der Waals surface area contributed by atoms with Crippen molar-refractivity contribution in [2.75, 3.05) is 26.2 Å². The zero-order valence-corrected chi connectivity index (χ0v) is 9.82. The normalized spacial score (nSPS) is 38.4. The van der Waals surface area contributed by atoms with E-state index in [9.17, 15) is 0 Å². The van der Waals surface area contributed by atoms with Gasteiger partial charge in [0.25, 0.3) is 0 Å². The molecule has 2 fully saturated rings. The first-order valence-corrected chi connectivity index (χ1v) is 6.35. The number of ether oxygens (including phenoxy) is 1. The number of rotatable bonds is 3. The average molecular weight is 212 g/mol. The quantitative estimate of drug-likeness (QED) is 0.764. The topological polar surface area (TPSA) is 38.5 Å². The van der Waals surface area contributed by atoms with Gasteiger partial charge < -0.3 is 10.5 Å². The van der Waals surface area contributed by atoms with Crippen LogP contribution in [0, 0.1) is 5.92 Å². The van der Waals surface area contributed by atoms with E-state index in [1.807, 2.05) is 0 Å². The Balaban J connectivity index is 1.79. The van der Waals surface area contributed by atoms with Crippen molar-refractivity contribution in [3.8, 4) is 0 Å². The molecule has 0 aromatic carbocycles. The summed E-state index contributed by atoms with van der Waals surface area (Å²) in [5, 5.41) is 0. The number of nitrogens with zero attached hydrogens (tertiary/aromatic N) is 1. The van der Waals surface area contributed by atoms with E-state index in [2.05, 4.69) is 11.8 Å². The van der Waals surface area contributed by atoms with Crippen LogP contribution in [0.3, 0.4) is 0 Å². The SMILES string of the molecule is CC1CN(C2CCC(CCN)C2)CCO1. The average Bonchev–Trinajstić information content (AvgIpc) is 2.67. The Labute approximate surface area is 93.0 Å². The summed E-state index contributed by atoms with van der Waals surface area (Å²) in [6, 6.07) is 0.813. The summed E-state index contributed by atoms with van der Waals surface area (Å²) in [6.07, 6.45) is 5.76. The van der Waals surface area contributed by atoms with Crippen molar-refractivity contribution >= 4 is 0 Å². The van der Waals surface area contributed by atoms with Gasteiger partial charge in [-0.15, -0.1) is 0 Å². The van der Waals surface area contributed by atoms with E-state index in [4.69, 9.17) is 10.5 Å². The predicted molar refractivity (Wildman–Crippen MR) is 61.8 cm³/mol. The van der Waals surface area contributed by atoms with Crippen LogP contribution >= 0.6 is 0 Å². The molecule has 3 nitrogen and oxygen atoms in total. The summed E-state index contributed by atoms with van der Waals surface area (Å²) < 4.78 is 5.58. The van der Waals surface area contributed by atoms with Crippen LogP contribution in [0.1, 0.15) is 32.6 Å². The standard InChI is InChI=1S/C12H24N2O/c1-10-9-14(6-7-15-10)12-3-2-11(8-12)4-5-13/h10-12H,2-9,13H2,1H3. The van der Waals surface area contributed by atoms with Crippen molar-refractivity contribution in [2.45, 2.75) is 44.8 Å². The lowest BCUT2D eigenvalue weighted by molar-refractivity contribution is -0.0335. The molecule has 1 heterocycles. The fraction of sp³-hybridized carbons (Fsp3) is 1.00. The molecule has 15 heavy (non-hydrogen) atoms. The second-order valence-electron chi connectivity index (χ2n) is 5.09. The molecule has 0 aromatic heterocycles. The first-order valence-electron chi connectivity index (χ1n) is 6.35. The van der Waals surface area contributed by atoms with Crippen LogP contribution in [0.4, 0.5) is 0 Å². The first kappa shape index (κ1) is 11.4. The molecular weight excluding hydrogens is 188 g/mol. The fourth-order valence-electron chi connectivity index (χ4n) is 3.06. The molecule has 1 saturated heterocycles. The van der Waals surface area contributed by atoms with Crippen molar-refractivity contribution in [3.63, 3.8) is 0 Å². The van der Waals surface area contributed by atoms with E-state index < -0.39 is 0 Å². The maximum absolute atomic E-state index is 5.62. The van der Waals surface area contributed by atoms with E-state index in [1.54, 1.807) is 0 Å². The van der Waals surface area contributed by atoms with Crippen molar-refractivity contribution in [2.24, 2.45) is 11.7 Å². The lowest BCUT2D eigenvalue weighted by atomic mass is 10.0. The van der Waals surface area contributed by atoms with E-state index in [-0.39, 0.29) is 0 Å². The van der Waals surface area contributed by atoms with Gasteiger partial charge >= 0.3 is 0 Å². The molecule has 88 valence electrons. The molecule has 2 aliphatic rings. The van der Waals surface area contributed by atoms with Crippen LogP contribution in [-0.2, 0) is 4.74 Å². The summed E-state index contributed by atoms with van der Waals surface area (Å²) in [4.78, 5) is 2.63. The number of morpholine rings is 1. The van der Waals surface area contributed by atoms with Gasteiger partial charge in [0.15, 0.2) is 0 Å². The molecule has 3 heteroatoms. The van der Waals surface area contributed by atoms with Gasteiger partial charge in [-0.05, 0) is 45.1 Å². The van der Waals surface area contributed by atoms with Gasteiger partial charge in [0.2, 0.25) is 0 Å². The van der Waals surface area contributed by atoms with Gasteiger partial charge in [0.05, 0.1) is 12.7 Å². The van der Waals surface area contributed by atoms with Gasteiger partial charge in [-0.3, -0.25) is 4.90 Å². The summed E-state index contributed by atoms with van der Waals surface area (Å²) >= 11 is 0. The Bertz CT molecular complexity index is 198. The minimum absolute atomic E-state index is 0.423. The van der Waals surface area contributed by atoms with E-state index >= 15 is 0 Å². The largest absolute Gasteiger partial charge is 0.376 e. The number of nitrogens with two attached hydrogens (primary N) is 1. The highest BCUT2D eigenvalue weighted by Gasteiger charge is 2.30. The molecule has 3 atom stereocenters. The van der Waals surface area contributed by atoms with Gasteiger partial charge in [0.1, 0.15) is 0 Å². The van der Waals surface area contributed by atoms with Crippen LogP contribution in [0.2, 0.25) is 0 Å². The number of hydrogen-bond donors (Lipinski definition) is 1.